The van der Waals surface area contributed by atoms with Gasteiger partial charge in [0.2, 0.25) is 11.6 Å². The molecule has 5 rings (SSSR count). The van der Waals surface area contributed by atoms with Crippen LogP contribution in [-0.4, -0.2) is 187 Å². The maximum Gasteiger partial charge on any atom is 0.331 e. The van der Waals surface area contributed by atoms with E-state index < -0.39 is 124 Å². The molecule has 13 atom stereocenters. The standard InChI is InChI=1S/C37H46O21/c1-51-22-12-19(4-9-21(22)42)6-11-27(44)55-34-30(47)24(14-39)56-36(34,16-40)53-17-37(33(50)29(46)23(13-38)57-37)58-35-32(49)31(48)28(45)25(54-35)15-52-26(43)10-5-18-2-7-20(41)8-3-18/h2-12,23-25,28-35,38-42,45-50H,13-17H2,1H3/t23-,24-,25-,28-,29-,30-,31+,32-,33+,34+,35-,36-,37+/m1/s1. The second-order valence-electron chi connectivity index (χ2n) is 13.5. The van der Waals surface area contributed by atoms with E-state index in [0.29, 0.717) is 11.1 Å². The SMILES string of the molecule is COc1cc(C=CC(=O)O[C@H]2[C@H](O)[C@@H](CO)O[C@@]2(CO)OC[C@@]2(O[C@H]3O[C@H](COC(=O)C=Cc4ccc(O)cc4)[C@@H](O)[C@H](O)[C@H]3O)O[C@H](CO)[C@@H](O)[C@@H]2O)ccc1O. The number of ether oxygens (including phenoxy) is 8. The quantitative estimate of drug-likeness (QED) is 0.0575. The summed E-state index contributed by atoms with van der Waals surface area (Å²) in [6.07, 6.45) is -16.1. The van der Waals surface area contributed by atoms with E-state index in [2.05, 4.69) is 0 Å². The molecule has 0 spiro atoms. The van der Waals surface area contributed by atoms with Crippen molar-refractivity contribution in [3.8, 4) is 17.2 Å². The molecule has 21 nitrogen and oxygen atoms in total. The lowest BCUT2D eigenvalue weighted by atomic mass is 9.98. The van der Waals surface area contributed by atoms with E-state index >= 15 is 0 Å². The summed E-state index contributed by atoms with van der Waals surface area (Å²) in [6, 6.07) is 9.96. The van der Waals surface area contributed by atoms with Crippen LogP contribution in [0.25, 0.3) is 12.2 Å². The first-order chi connectivity index (χ1) is 27.6. The van der Waals surface area contributed by atoms with Crippen molar-refractivity contribution in [3.63, 3.8) is 0 Å². The summed E-state index contributed by atoms with van der Waals surface area (Å²) in [4.78, 5) is 25.4. The molecule has 3 fully saturated rings. The summed E-state index contributed by atoms with van der Waals surface area (Å²) in [5.41, 5.74) is 0.909. The van der Waals surface area contributed by atoms with Crippen molar-refractivity contribution < 1.29 is 104 Å². The van der Waals surface area contributed by atoms with E-state index in [1.165, 1.54) is 61.7 Å². The number of rotatable bonds is 16. The molecule has 0 aromatic heterocycles. The highest BCUT2D eigenvalue weighted by molar-refractivity contribution is 5.87. The molecular formula is C37H46O21. The predicted molar refractivity (Wildman–Crippen MR) is 190 cm³/mol. The minimum Gasteiger partial charge on any atom is -0.508 e. The molecule has 0 unspecified atom stereocenters. The highest BCUT2D eigenvalue weighted by atomic mass is 16.8. The van der Waals surface area contributed by atoms with Gasteiger partial charge in [0.05, 0.1) is 20.3 Å². The predicted octanol–water partition coefficient (Wildman–Crippen LogP) is -3.62. The minimum absolute atomic E-state index is 0.00336. The van der Waals surface area contributed by atoms with Crippen molar-refractivity contribution in [2.24, 2.45) is 0 Å². The highest BCUT2D eigenvalue weighted by Gasteiger charge is 2.63. The van der Waals surface area contributed by atoms with E-state index in [0.717, 1.165) is 12.2 Å². The number of phenols is 2. The van der Waals surface area contributed by atoms with Gasteiger partial charge in [0, 0.05) is 12.2 Å². The second-order valence-corrected chi connectivity index (χ2v) is 13.5. The fourth-order valence-corrected chi connectivity index (χ4v) is 6.36. The number of carbonyl (C=O) groups is 2. The normalized spacial score (nSPS) is 35.1. The lowest BCUT2D eigenvalue weighted by molar-refractivity contribution is -0.399. The Hall–Kier alpha value is -4.30. The summed E-state index contributed by atoms with van der Waals surface area (Å²) in [5.74, 6) is -7.35. The van der Waals surface area contributed by atoms with E-state index in [9.17, 15) is 65.8 Å². The number of hydrogen-bond acceptors (Lipinski definition) is 21. The largest absolute Gasteiger partial charge is 0.508 e. The number of benzene rings is 2. The number of carbonyl (C=O) groups excluding carboxylic acids is 2. The lowest BCUT2D eigenvalue weighted by Gasteiger charge is -2.44. The van der Waals surface area contributed by atoms with Crippen LogP contribution >= 0.6 is 0 Å². The molecule has 3 saturated heterocycles. The first-order valence-electron chi connectivity index (χ1n) is 17.7. The zero-order valence-electron chi connectivity index (χ0n) is 30.7. The monoisotopic (exact) mass is 826 g/mol. The number of aliphatic hydroxyl groups is 9. The van der Waals surface area contributed by atoms with Crippen LogP contribution in [0.1, 0.15) is 11.1 Å². The average Bonchev–Trinajstić information content (AvgIpc) is 3.63. The number of hydrogen-bond donors (Lipinski definition) is 11. The van der Waals surface area contributed by atoms with Crippen LogP contribution in [0.15, 0.2) is 54.6 Å². The number of phenolic OH excluding ortho intramolecular Hbond substituents is 2. The van der Waals surface area contributed by atoms with Crippen LogP contribution in [0.4, 0.5) is 0 Å². The molecule has 3 aliphatic heterocycles. The van der Waals surface area contributed by atoms with Gasteiger partial charge in [-0.1, -0.05) is 18.2 Å². The molecule has 0 amide bonds. The summed E-state index contributed by atoms with van der Waals surface area (Å²) in [6.45, 7) is -4.85. The molecule has 0 aliphatic carbocycles. The van der Waals surface area contributed by atoms with Gasteiger partial charge in [-0.05, 0) is 47.5 Å². The molecule has 0 saturated carbocycles. The zero-order chi connectivity index (χ0) is 42.4. The summed E-state index contributed by atoms with van der Waals surface area (Å²) in [5, 5.41) is 115. The molecule has 11 N–H and O–H groups in total. The molecule has 2 aromatic rings. The van der Waals surface area contributed by atoms with Crippen LogP contribution < -0.4 is 4.74 Å². The van der Waals surface area contributed by atoms with Crippen LogP contribution in [0.2, 0.25) is 0 Å². The summed E-state index contributed by atoms with van der Waals surface area (Å²) in [7, 11) is 1.32. The van der Waals surface area contributed by atoms with Gasteiger partial charge >= 0.3 is 11.9 Å². The Labute approximate surface area is 329 Å². The molecular weight excluding hydrogens is 780 g/mol. The molecule has 320 valence electrons. The lowest BCUT2D eigenvalue weighted by Crippen LogP contribution is -2.63. The van der Waals surface area contributed by atoms with E-state index in [-0.39, 0.29) is 17.2 Å². The van der Waals surface area contributed by atoms with Gasteiger partial charge in [-0.3, -0.25) is 0 Å². The summed E-state index contributed by atoms with van der Waals surface area (Å²) < 4.78 is 44.2. The van der Waals surface area contributed by atoms with Gasteiger partial charge in [-0.25, -0.2) is 9.59 Å². The van der Waals surface area contributed by atoms with Gasteiger partial charge in [-0.15, -0.1) is 0 Å². The Morgan fingerprint density at radius 3 is 2.00 bits per heavy atom. The Morgan fingerprint density at radius 2 is 1.36 bits per heavy atom. The topological polar surface area (TPSA) is 331 Å². The molecule has 58 heavy (non-hydrogen) atoms. The summed E-state index contributed by atoms with van der Waals surface area (Å²) >= 11 is 0. The fraction of sp³-hybridized carbons (Fsp3) is 0.514. The number of methoxy groups -OCH3 is 1. The van der Waals surface area contributed by atoms with Crippen molar-refractivity contribution in [3.05, 3.63) is 65.7 Å². The van der Waals surface area contributed by atoms with Gasteiger partial charge in [0.15, 0.2) is 23.9 Å². The molecule has 0 radical (unpaired) electrons. The Balaban J connectivity index is 1.34. The van der Waals surface area contributed by atoms with Crippen molar-refractivity contribution in [1.82, 2.24) is 0 Å². The van der Waals surface area contributed by atoms with Gasteiger partial charge in [0.1, 0.15) is 80.5 Å². The number of aliphatic hydroxyl groups excluding tert-OH is 9. The van der Waals surface area contributed by atoms with Crippen molar-refractivity contribution in [1.29, 1.82) is 0 Å². The Kier molecular flexibility index (Phi) is 14.8. The zero-order valence-corrected chi connectivity index (χ0v) is 30.7. The van der Waals surface area contributed by atoms with Crippen molar-refractivity contribution in [2.45, 2.75) is 78.9 Å². The van der Waals surface area contributed by atoms with E-state index in [1.54, 1.807) is 0 Å². The molecule has 3 aliphatic rings. The van der Waals surface area contributed by atoms with E-state index in [1.807, 2.05) is 0 Å². The second kappa shape index (κ2) is 19.2. The Morgan fingerprint density at radius 1 is 0.741 bits per heavy atom. The first kappa shape index (κ1) is 44.8. The maximum absolute atomic E-state index is 13.0. The van der Waals surface area contributed by atoms with E-state index in [4.69, 9.17) is 37.9 Å². The fourth-order valence-electron chi connectivity index (χ4n) is 6.36. The van der Waals surface area contributed by atoms with Gasteiger partial charge < -0.3 is 94.1 Å². The van der Waals surface area contributed by atoms with Crippen LogP contribution in [0.5, 0.6) is 17.2 Å². The van der Waals surface area contributed by atoms with Crippen LogP contribution in [0.3, 0.4) is 0 Å². The Bertz CT molecular complexity index is 1750. The van der Waals surface area contributed by atoms with Gasteiger partial charge in [0.25, 0.3) is 0 Å². The average molecular weight is 827 g/mol. The third-order valence-corrected chi connectivity index (χ3v) is 9.62. The van der Waals surface area contributed by atoms with Gasteiger partial charge in [-0.2, -0.15) is 0 Å². The first-order valence-corrected chi connectivity index (χ1v) is 17.7. The van der Waals surface area contributed by atoms with Crippen LogP contribution in [0, 0.1) is 0 Å². The van der Waals surface area contributed by atoms with Crippen molar-refractivity contribution in [2.75, 3.05) is 40.1 Å². The minimum atomic E-state index is -2.70. The van der Waals surface area contributed by atoms with Crippen molar-refractivity contribution >= 4 is 24.1 Å². The third kappa shape index (κ3) is 9.76. The third-order valence-electron chi connectivity index (χ3n) is 9.62. The van der Waals surface area contributed by atoms with Crippen LogP contribution in [-0.2, 0) is 42.7 Å². The molecule has 21 heteroatoms. The number of esters is 2. The molecule has 0 bridgehead atoms. The smallest absolute Gasteiger partial charge is 0.331 e. The molecule has 2 aromatic carbocycles. The molecule has 3 heterocycles. The maximum atomic E-state index is 13.0. The highest BCUT2D eigenvalue weighted by Crippen LogP contribution is 2.41. The number of aromatic hydroxyl groups is 2.